The molecule has 0 unspecified atom stereocenters. The summed E-state index contributed by atoms with van der Waals surface area (Å²) in [6.45, 7) is 1.77. The number of rotatable bonds is 4. The van der Waals surface area contributed by atoms with Gasteiger partial charge in [0.25, 0.3) is 6.43 Å². The van der Waals surface area contributed by atoms with Crippen LogP contribution in [-0.4, -0.2) is 17.6 Å². The highest BCUT2D eigenvalue weighted by molar-refractivity contribution is 9.10. The Kier molecular flexibility index (Phi) is 5.16. The van der Waals surface area contributed by atoms with Crippen molar-refractivity contribution in [2.75, 3.05) is 6.61 Å². The molecule has 0 bridgehead atoms. The van der Waals surface area contributed by atoms with Crippen molar-refractivity contribution in [2.45, 2.75) is 19.8 Å². The van der Waals surface area contributed by atoms with Gasteiger partial charge in [-0.25, -0.2) is 8.78 Å². The van der Waals surface area contributed by atoms with Crippen molar-refractivity contribution < 1.29 is 18.3 Å². The number of alkyl halides is 2. The topological polar surface area (TPSA) is 63.0 Å². The van der Waals surface area contributed by atoms with Crippen LogP contribution in [-0.2, 0) is 16.0 Å². The minimum atomic E-state index is -2.88. The summed E-state index contributed by atoms with van der Waals surface area (Å²) in [5, 5.41) is 8.85. The van der Waals surface area contributed by atoms with E-state index in [9.17, 15) is 13.6 Å². The number of ether oxygens (including phenoxy) is 1. The van der Waals surface area contributed by atoms with Crippen molar-refractivity contribution in [2.24, 2.45) is 0 Å². The molecule has 0 spiro atoms. The molecule has 0 aliphatic rings. The second kappa shape index (κ2) is 6.40. The first-order valence-electron chi connectivity index (χ1n) is 5.02. The quantitative estimate of drug-likeness (QED) is 0.801. The third-order valence-corrected chi connectivity index (χ3v) is 2.70. The van der Waals surface area contributed by atoms with Gasteiger partial charge < -0.3 is 4.74 Å². The molecule has 0 amide bonds. The van der Waals surface area contributed by atoms with Gasteiger partial charge in [-0.1, -0.05) is 0 Å². The van der Waals surface area contributed by atoms with Crippen LogP contribution in [0.1, 0.15) is 30.2 Å². The summed E-state index contributed by atoms with van der Waals surface area (Å²) >= 11 is 2.97. The molecule has 0 saturated carbocycles. The summed E-state index contributed by atoms with van der Waals surface area (Å²) in [4.78, 5) is 15.0. The van der Waals surface area contributed by atoms with Crippen LogP contribution in [0.2, 0.25) is 0 Å². The summed E-state index contributed by atoms with van der Waals surface area (Å²) in [5.41, 5.74) is -0.873. The number of carbonyl (C=O) groups is 1. The lowest BCUT2D eigenvalue weighted by molar-refractivity contribution is -0.142. The fourth-order valence-corrected chi connectivity index (χ4v) is 1.78. The van der Waals surface area contributed by atoms with Gasteiger partial charge in [0.1, 0.15) is 6.07 Å². The number of nitriles is 1. The van der Waals surface area contributed by atoms with E-state index in [1.165, 1.54) is 6.20 Å². The van der Waals surface area contributed by atoms with E-state index in [1.54, 1.807) is 13.0 Å². The third-order valence-electron chi connectivity index (χ3n) is 2.10. The molecule has 1 heterocycles. The lowest BCUT2D eigenvalue weighted by Gasteiger charge is -2.10. The molecule has 0 aliphatic carbocycles. The Morgan fingerprint density at radius 1 is 1.67 bits per heavy atom. The fraction of sp³-hybridized carbons (Fsp3) is 0.364. The maximum absolute atomic E-state index is 12.9. The second-order valence-corrected chi connectivity index (χ2v) is 4.09. The van der Waals surface area contributed by atoms with E-state index in [2.05, 4.69) is 25.7 Å². The van der Waals surface area contributed by atoms with Gasteiger partial charge in [0.05, 0.1) is 34.3 Å². The SMILES string of the molecule is CCOC(=O)Cc1ncc(Br)c(C#N)c1C(F)F. The first-order chi connectivity index (χ1) is 8.51. The fourth-order valence-electron chi connectivity index (χ4n) is 1.38. The van der Waals surface area contributed by atoms with E-state index in [0.29, 0.717) is 0 Å². The molecule has 1 rings (SSSR count). The molecule has 0 saturated heterocycles. The first-order valence-corrected chi connectivity index (χ1v) is 5.81. The second-order valence-electron chi connectivity index (χ2n) is 3.24. The van der Waals surface area contributed by atoms with Gasteiger partial charge in [-0.3, -0.25) is 9.78 Å². The summed E-state index contributed by atoms with van der Waals surface area (Å²) in [6.07, 6.45) is -2.04. The summed E-state index contributed by atoms with van der Waals surface area (Å²) in [7, 11) is 0. The van der Waals surface area contributed by atoms with Gasteiger partial charge in [-0.2, -0.15) is 5.26 Å². The normalized spacial score (nSPS) is 10.2. The molecular formula is C11H9BrF2N2O2. The van der Waals surface area contributed by atoms with Crippen LogP contribution in [0.5, 0.6) is 0 Å². The van der Waals surface area contributed by atoms with E-state index in [4.69, 9.17) is 5.26 Å². The predicted octanol–water partition coefficient (Wildman–Crippen LogP) is 2.76. The number of hydrogen-bond donors (Lipinski definition) is 0. The van der Waals surface area contributed by atoms with Crippen LogP contribution < -0.4 is 0 Å². The minimum Gasteiger partial charge on any atom is -0.466 e. The van der Waals surface area contributed by atoms with Crippen LogP contribution in [0.15, 0.2) is 10.7 Å². The number of nitrogens with zero attached hydrogens (tertiary/aromatic N) is 2. The van der Waals surface area contributed by atoms with Gasteiger partial charge in [-0.05, 0) is 22.9 Å². The Balaban J connectivity index is 3.20. The number of pyridine rings is 1. The Labute approximate surface area is 111 Å². The van der Waals surface area contributed by atoms with E-state index < -0.39 is 18.0 Å². The van der Waals surface area contributed by atoms with Crippen molar-refractivity contribution in [1.82, 2.24) is 4.98 Å². The molecule has 18 heavy (non-hydrogen) atoms. The molecule has 0 atom stereocenters. The van der Waals surface area contributed by atoms with Crippen molar-refractivity contribution in [3.05, 3.63) is 27.5 Å². The Morgan fingerprint density at radius 3 is 2.83 bits per heavy atom. The van der Waals surface area contributed by atoms with Gasteiger partial charge >= 0.3 is 5.97 Å². The molecule has 7 heteroatoms. The summed E-state index contributed by atoms with van der Waals surface area (Å²) in [6, 6.07) is 1.67. The standard InChI is InChI=1S/C11H9BrF2N2O2/c1-2-18-9(17)3-8-10(11(13)14)6(4-15)7(12)5-16-8/h5,11H,2-3H2,1H3. The Morgan fingerprint density at radius 2 is 2.33 bits per heavy atom. The van der Waals surface area contributed by atoms with Crippen LogP contribution in [0, 0.1) is 11.3 Å². The molecule has 0 radical (unpaired) electrons. The first kappa shape index (κ1) is 14.5. The third kappa shape index (κ3) is 3.23. The average Bonchev–Trinajstić information content (AvgIpc) is 2.30. The monoisotopic (exact) mass is 318 g/mol. The van der Waals surface area contributed by atoms with E-state index >= 15 is 0 Å². The highest BCUT2D eigenvalue weighted by Gasteiger charge is 2.23. The molecule has 0 aromatic carbocycles. The zero-order valence-corrected chi connectivity index (χ0v) is 11.0. The average molecular weight is 319 g/mol. The molecule has 1 aromatic heterocycles. The molecule has 0 aliphatic heterocycles. The largest absolute Gasteiger partial charge is 0.466 e. The lowest BCUT2D eigenvalue weighted by Crippen LogP contribution is -2.12. The molecule has 4 nitrogen and oxygen atoms in total. The van der Waals surface area contributed by atoms with Crippen LogP contribution in [0.25, 0.3) is 0 Å². The van der Waals surface area contributed by atoms with Crippen LogP contribution in [0.3, 0.4) is 0 Å². The lowest BCUT2D eigenvalue weighted by atomic mass is 10.1. The summed E-state index contributed by atoms with van der Waals surface area (Å²) < 4.78 is 30.7. The highest BCUT2D eigenvalue weighted by Crippen LogP contribution is 2.30. The Hall–Kier alpha value is -1.55. The zero-order chi connectivity index (χ0) is 13.7. The van der Waals surface area contributed by atoms with Gasteiger partial charge in [0.15, 0.2) is 0 Å². The van der Waals surface area contributed by atoms with Gasteiger partial charge in [0, 0.05) is 6.20 Å². The van der Waals surface area contributed by atoms with Crippen molar-refractivity contribution in [1.29, 1.82) is 5.26 Å². The Bertz CT molecular complexity index is 501. The molecule has 0 N–H and O–H groups in total. The maximum Gasteiger partial charge on any atom is 0.311 e. The number of esters is 1. The predicted molar refractivity (Wildman–Crippen MR) is 61.9 cm³/mol. The van der Waals surface area contributed by atoms with E-state index in [-0.39, 0.29) is 28.8 Å². The van der Waals surface area contributed by atoms with E-state index in [1.807, 2.05) is 0 Å². The molecule has 96 valence electrons. The molecule has 0 fully saturated rings. The number of aromatic nitrogens is 1. The van der Waals surface area contributed by atoms with Gasteiger partial charge in [0.2, 0.25) is 0 Å². The minimum absolute atomic E-state index is 0.136. The summed E-state index contributed by atoms with van der Waals surface area (Å²) in [5.74, 6) is -0.655. The van der Waals surface area contributed by atoms with Crippen molar-refractivity contribution >= 4 is 21.9 Å². The number of hydrogen-bond acceptors (Lipinski definition) is 4. The van der Waals surface area contributed by atoms with Crippen molar-refractivity contribution in [3.8, 4) is 6.07 Å². The van der Waals surface area contributed by atoms with E-state index in [0.717, 1.165) is 0 Å². The number of carbonyl (C=O) groups excluding carboxylic acids is 1. The molecule has 1 aromatic rings. The molecular weight excluding hydrogens is 310 g/mol. The van der Waals surface area contributed by atoms with Crippen LogP contribution >= 0.6 is 15.9 Å². The highest BCUT2D eigenvalue weighted by atomic mass is 79.9. The smallest absolute Gasteiger partial charge is 0.311 e. The maximum atomic E-state index is 12.9. The van der Waals surface area contributed by atoms with Gasteiger partial charge in [-0.15, -0.1) is 0 Å². The van der Waals surface area contributed by atoms with Crippen molar-refractivity contribution in [3.63, 3.8) is 0 Å². The zero-order valence-electron chi connectivity index (χ0n) is 9.41. The number of halogens is 3. The van der Waals surface area contributed by atoms with Crippen LogP contribution in [0.4, 0.5) is 8.78 Å².